The van der Waals surface area contributed by atoms with Crippen LogP contribution in [0, 0.1) is 0 Å². The Labute approximate surface area is 126 Å². The highest BCUT2D eigenvalue weighted by molar-refractivity contribution is 5.88. The number of aromatic nitrogens is 1. The maximum atomic E-state index is 12.3. The number of carbonyl (C=O) groups excluding carboxylic acids is 1. The van der Waals surface area contributed by atoms with Gasteiger partial charge >= 0.3 is 18.1 Å². The van der Waals surface area contributed by atoms with Crippen LogP contribution in [-0.2, 0) is 16.0 Å². The molecule has 0 radical (unpaired) electrons. The predicted octanol–water partition coefficient (Wildman–Crippen LogP) is 1.20. The molecule has 3 N–H and O–H groups in total. The van der Waals surface area contributed by atoms with Crippen molar-refractivity contribution < 1.29 is 27.9 Å². The molecule has 0 bridgehead atoms. The van der Waals surface area contributed by atoms with E-state index in [1.54, 1.807) is 24.3 Å². The van der Waals surface area contributed by atoms with Gasteiger partial charge < -0.3 is 15.4 Å². The minimum Gasteiger partial charge on any atom is -0.480 e. The average molecular weight is 328 g/mol. The Balaban J connectivity index is 2.36. The van der Waals surface area contributed by atoms with Crippen LogP contribution in [0.4, 0.5) is 13.2 Å². The summed E-state index contributed by atoms with van der Waals surface area (Å²) >= 11 is 0. The topological polar surface area (TPSA) is 99.3 Å². The lowest BCUT2D eigenvalue weighted by Crippen LogP contribution is -2.48. The third kappa shape index (κ3) is 3.87. The van der Waals surface area contributed by atoms with E-state index >= 15 is 0 Å². The van der Waals surface area contributed by atoms with Crippen LogP contribution in [0.5, 0.6) is 0 Å². The molecule has 0 spiro atoms. The zero-order valence-corrected chi connectivity index (χ0v) is 11.5. The number of halogens is 3. The van der Waals surface area contributed by atoms with Gasteiger partial charge in [0.1, 0.15) is 6.04 Å². The Bertz CT molecular complexity index is 814. The van der Waals surface area contributed by atoms with Gasteiger partial charge in [-0.15, -0.1) is 0 Å². The number of alkyl halides is 3. The molecular weight excluding hydrogens is 317 g/mol. The maximum absolute atomic E-state index is 12.3. The first-order chi connectivity index (χ1) is 10.7. The molecular formula is C14H11F3N2O4. The molecule has 0 saturated carbocycles. The second-order valence-electron chi connectivity index (χ2n) is 4.77. The number of aromatic amines is 1. The third-order valence-electron chi connectivity index (χ3n) is 3.12. The van der Waals surface area contributed by atoms with Crippen LogP contribution in [0.2, 0.25) is 0 Å². The molecule has 23 heavy (non-hydrogen) atoms. The number of carboxylic acid groups (broad SMARTS) is 1. The van der Waals surface area contributed by atoms with Gasteiger partial charge in [0.05, 0.1) is 0 Å². The molecule has 9 heteroatoms. The number of nitrogens with one attached hydrogen (secondary N) is 2. The summed E-state index contributed by atoms with van der Waals surface area (Å²) in [5, 5.41) is 10.9. The third-order valence-corrected chi connectivity index (χ3v) is 3.12. The monoisotopic (exact) mass is 328 g/mol. The molecule has 1 amide bonds. The SMILES string of the molecule is O=C(O)C(Cc1cc(=O)[nH]c2ccccc12)NC(=O)C(F)(F)F. The van der Waals surface area contributed by atoms with Gasteiger partial charge in [-0.1, -0.05) is 18.2 Å². The van der Waals surface area contributed by atoms with Gasteiger partial charge in [-0.05, 0) is 11.6 Å². The second-order valence-corrected chi connectivity index (χ2v) is 4.77. The first-order valence-corrected chi connectivity index (χ1v) is 6.40. The molecule has 0 fully saturated rings. The van der Waals surface area contributed by atoms with E-state index in [9.17, 15) is 27.6 Å². The fraction of sp³-hybridized carbons (Fsp3) is 0.214. The van der Waals surface area contributed by atoms with E-state index in [0.717, 1.165) is 6.07 Å². The van der Waals surface area contributed by atoms with E-state index < -0.39 is 36.1 Å². The summed E-state index contributed by atoms with van der Waals surface area (Å²) < 4.78 is 36.8. The lowest BCUT2D eigenvalue weighted by molar-refractivity contribution is -0.175. The minimum atomic E-state index is -5.19. The number of hydrogen-bond acceptors (Lipinski definition) is 3. The van der Waals surface area contributed by atoms with Crippen molar-refractivity contribution in [3.63, 3.8) is 0 Å². The van der Waals surface area contributed by atoms with Crippen LogP contribution < -0.4 is 10.9 Å². The standard InChI is InChI=1S/C14H11F3N2O4/c15-14(16,17)13(23)19-10(12(21)22)5-7-6-11(20)18-9-4-2-1-3-8(7)9/h1-4,6,10H,5H2,(H,18,20)(H,19,23)(H,21,22). The van der Waals surface area contributed by atoms with E-state index in [4.69, 9.17) is 5.11 Å². The normalized spacial score (nSPS) is 12.8. The number of rotatable bonds is 4. The van der Waals surface area contributed by atoms with Crippen molar-refractivity contribution in [2.45, 2.75) is 18.6 Å². The van der Waals surface area contributed by atoms with Crippen LogP contribution in [-0.4, -0.2) is 34.2 Å². The number of carboxylic acids is 1. The van der Waals surface area contributed by atoms with E-state index in [2.05, 4.69) is 4.98 Å². The van der Waals surface area contributed by atoms with Gasteiger partial charge in [0.15, 0.2) is 0 Å². The largest absolute Gasteiger partial charge is 0.480 e. The molecule has 0 saturated heterocycles. The fourth-order valence-electron chi connectivity index (χ4n) is 2.11. The Hall–Kier alpha value is -2.84. The lowest BCUT2D eigenvalue weighted by atomic mass is 10.0. The molecule has 0 aliphatic heterocycles. The first kappa shape index (κ1) is 16.5. The van der Waals surface area contributed by atoms with Gasteiger partial charge in [-0.2, -0.15) is 13.2 Å². The van der Waals surface area contributed by atoms with Crippen LogP contribution in [0.3, 0.4) is 0 Å². The Morgan fingerprint density at radius 1 is 1.26 bits per heavy atom. The zero-order valence-electron chi connectivity index (χ0n) is 11.5. The molecule has 1 heterocycles. The van der Waals surface area contributed by atoms with Crippen molar-refractivity contribution >= 4 is 22.8 Å². The minimum absolute atomic E-state index is 0.222. The van der Waals surface area contributed by atoms with Crippen molar-refractivity contribution in [2.24, 2.45) is 0 Å². The summed E-state index contributed by atoms with van der Waals surface area (Å²) in [6.45, 7) is 0. The van der Waals surface area contributed by atoms with E-state index in [1.165, 1.54) is 5.32 Å². The van der Waals surface area contributed by atoms with Crippen molar-refractivity contribution in [2.75, 3.05) is 0 Å². The first-order valence-electron chi connectivity index (χ1n) is 6.40. The number of para-hydroxylation sites is 1. The molecule has 122 valence electrons. The summed E-state index contributed by atoms with van der Waals surface area (Å²) in [6, 6.07) is 5.72. The Morgan fingerprint density at radius 2 is 1.91 bits per heavy atom. The van der Waals surface area contributed by atoms with Gasteiger partial charge in [0.25, 0.3) is 0 Å². The van der Waals surface area contributed by atoms with Crippen molar-refractivity contribution in [3.8, 4) is 0 Å². The Morgan fingerprint density at radius 3 is 2.52 bits per heavy atom. The maximum Gasteiger partial charge on any atom is 0.471 e. The summed E-state index contributed by atoms with van der Waals surface area (Å²) in [6.07, 6.45) is -5.65. The van der Waals surface area contributed by atoms with Gasteiger partial charge in [0, 0.05) is 23.4 Å². The number of fused-ring (bicyclic) bond motifs is 1. The molecule has 1 aromatic carbocycles. The van der Waals surface area contributed by atoms with E-state index in [1.807, 2.05) is 0 Å². The van der Waals surface area contributed by atoms with E-state index in [-0.39, 0.29) is 5.56 Å². The quantitative estimate of drug-likeness (QED) is 0.785. The number of hydrogen-bond donors (Lipinski definition) is 3. The summed E-state index contributed by atoms with van der Waals surface area (Å²) in [4.78, 5) is 36.1. The van der Waals surface area contributed by atoms with Crippen LogP contribution in [0.25, 0.3) is 10.9 Å². The highest BCUT2D eigenvalue weighted by Gasteiger charge is 2.40. The smallest absolute Gasteiger partial charge is 0.471 e. The molecule has 2 aromatic rings. The number of benzene rings is 1. The lowest BCUT2D eigenvalue weighted by Gasteiger charge is -2.16. The summed E-state index contributed by atoms with van der Waals surface area (Å²) in [7, 11) is 0. The van der Waals surface area contributed by atoms with Crippen molar-refractivity contribution in [1.29, 1.82) is 0 Å². The van der Waals surface area contributed by atoms with Crippen LogP contribution >= 0.6 is 0 Å². The molecule has 2 rings (SSSR count). The van der Waals surface area contributed by atoms with Gasteiger partial charge in [0.2, 0.25) is 5.56 Å². The number of H-pyrrole nitrogens is 1. The molecule has 6 nitrogen and oxygen atoms in total. The molecule has 0 aliphatic rings. The second kappa shape index (κ2) is 6.11. The highest BCUT2D eigenvalue weighted by atomic mass is 19.4. The number of carbonyl (C=O) groups is 2. The molecule has 1 unspecified atom stereocenters. The van der Waals surface area contributed by atoms with Crippen molar-refractivity contribution in [3.05, 3.63) is 46.2 Å². The zero-order chi connectivity index (χ0) is 17.2. The molecule has 0 aliphatic carbocycles. The van der Waals surface area contributed by atoms with Gasteiger partial charge in [-0.25, -0.2) is 4.79 Å². The highest BCUT2D eigenvalue weighted by Crippen LogP contribution is 2.18. The van der Waals surface area contributed by atoms with Crippen molar-refractivity contribution in [1.82, 2.24) is 10.3 Å². The summed E-state index contributed by atoms with van der Waals surface area (Å²) in [5.74, 6) is -3.98. The van der Waals surface area contributed by atoms with Gasteiger partial charge in [-0.3, -0.25) is 9.59 Å². The number of pyridine rings is 1. The number of aliphatic carboxylic acids is 1. The molecule has 1 aromatic heterocycles. The fourth-order valence-corrected chi connectivity index (χ4v) is 2.11. The number of amides is 1. The predicted molar refractivity (Wildman–Crippen MR) is 73.9 cm³/mol. The van der Waals surface area contributed by atoms with E-state index in [0.29, 0.717) is 10.9 Å². The average Bonchev–Trinajstić information content (AvgIpc) is 2.45. The molecule has 1 atom stereocenters. The van der Waals surface area contributed by atoms with Crippen LogP contribution in [0.15, 0.2) is 35.1 Å². The summed E-state index contributed by atoms with van der Waals surface area (Å²) in [5.41, 5.74) is 0.116. The Kier molecular flexibility index (Phi) is 4.39. The van der Waals surface area contributed by atoms with Crippen LogP contribution in [0.1, 0.15) is 5.56 Å².